The van der Waals surface area contributed by atoms with Gasteiger partial charge in [-0.1, -0.05) is 66.2 Å². The van der Waals surface area contributed by atoms with Crippen molar-refractivity contribution in [2.45, 2.75) is 24.1 Å². The largest absolute Gasteiger partial charge is 0.337 e. The van der Waals surface area contributed by atoms with Crippen molar-refractivity contribution in [3.8, 4) is 0 Å². The lowest BCUT2D eigenvalue weighted by atomic mass is 10.2. The number of hydrogen-bond acceptors (Lipinski definition) is 3. The number of nitrogens with zero attached hydrogens (tertiary/aromatic N) is 1. The molecule has 0 spiro atoms. The molecule has 0 saturated heterocycles. The Morgan fingerprint density at radius 1 is 1.00 bits per heavy atom. The molecule has 4 rings (SSSR count). The summed E-state index contributed by atoms with van der Waals surface area (Å²) in [7, 11) is -3.60. The van der Waals surface area contributed by atoms with Crippen LogP contribution in [0.15, 0.2) is 83.9 Å². The minimum Gasteiger partial charge on any atom is -0.337 e. The van der Waals surface area contributed by atoms with Gasteiger partial charge in [0.25, 0.3) is 0 Å². The molecule has 1 N–H and O–H groups in total. The van der Waals surface area contributed by atoms with Gasteiger partial charge in [-0.15, -0.1) is 0 Å². The molecule has 31 heavy (non-hydrogen) atoms. The third-order valence-corrected chi connectivity index (χ3v) is 7.02. The van der Waals surface area contributed by atoms with Crippen molar-refractivity contribution < 1.29 is 13.2 Å². The number of carbonyl (C=O) groups is 1. The fourth-order valence-corrected chi connectivity index (χ4v) is 5.39. The summed E-state index contributed by atoms with van der Waals surface area (Å²) in [6.07, 6.45) is 1.54. The van der Waals surface area contributed by atoms with Crippen LogP contribution in [0.25, 0.3) is 10.9 Å². The molecular formula is C24H21ClN2O3S. The van der Waals surface area contributed by atoms with E-state index in [-0.39, 0.29) is 23.1 Å². The SMILES string of the molecule is Cc1ccc(NC(=O)Cn2cc(S(=O)(=O)Cc3ccccc3)c3ccccc32)c(Cl)c1. The quantitative estimate of drug-likeness (QED) is 0.436. The van der Waals surface area contributed by atoms with Gasteiger partial charge in [0, 0.05) is 17.1 Å². The number of sulfone groups is 1. The van der Waals surface area contributed by atoms with Crippen LogP contribution in [0.5, 0.6) is 0 Å². The molecule has 0 bridgehead atoms. The third kappa shape index (κ3) is 4.65. The zero-order valence-corrected chi connectivity index (χ0v) is 18.5. The number of benzene rings is 3. The molecule has 0 saturated carbocycles. The van der Waals surface area contributed by atoms with Crippen LogP contribution in [0.3, 0.4) is 0 Å². The first-order chi connectivity index (χ1) is 14.8. The molecule has 0 fully saturated rings. The van der Waals surface area contributed by atoms with Gasteiger partial charge < -0.3 is 9.88 Å². The first kappa shape index (κ1) is 21.2. The van der Waals surface area contributed by atoms with Crippen LogP contribution in [0, 0.1) is 6.92 Å². The Morgan fingerprint density at radius 3 is 2.45 bits per heavy atom. The second kappa shape index (κ2) is 8.57. The Balaban J connectivity index is 1.64. The standard InChI is InChI=1S/C24H21ClN2O3S/c1-17-11-12-21(20(25)13-17)26-24(28)15-27-14-23(19-9-5-6-10-22(19)27)31(29,30)16-18-7-3-2-4-8-18/h2-14H,15-16H2,1H3,(H,26,28). The number of aryl methyl sites for hydroxylation is 1. The van der Waals surface area contributed by atoms with Gasteiger partial charge in [0.1, 0.15) is 6.54 Å². The molecule has 1 heterocycles. The van der Waals surface area contributed by atoms with Gasteiger partial charge >= 0.3 is 0 Å². The smallest absolute Gasteiger partial charge is 0.244 e. The number of amides is 1. The lowest BCUT2D eigenvalue weighted by Crippen LogP contribution is -2.18. The minimum absolute atomic E-state index is 0.0361. The Bertz CT molecular complexity index is 1360. The zero-order valence-electron chi connectivity index (χ0n) is 16.9. The number of rotatable bonds is 6. The van der Waals surface area contributed by atoms with E-state index in [4.69, 9.17) is 11.6 Å². The van der Waals surface area contributed by atoms with Gasteiger partial charge in [0.15, 0.2) is 9.84 Å². The highest BCUT2D eigenvalue weighted by Gasteiger charge is 2.22. The van der Waals surface area contributed by atoms with Crippen molar-refractivity contribution in [1.29, 1.82) is 0 Å². The second-order valence-electron chi connectivity index (χ2n) is 7.41. The van der Waals surface area contributed by atoms with Gasteiger partial charge in [-0.25, -0.2) is 8.42 Å². The highest BCUT2D eigenvalue weighted by molar-refractivity contribution is 7.90. The molecule has 4 aromatic rings. The predicted molar refractivity (Wildman–Crippen MR) is 124 cm³/mol. The molecule has 1 amide bonds. The molecule has 3 aromatic carbocycles. The number of halogens is 1. The summed E-state index contributed by atoms with van der Waals surface area (Å²) in [4.78, 5) is 12.9. The summed E-state index contributed by atoms with van der Waals surface area (Å²) in [5, 5.41) is 3.85. The highest BCUT2D eigenvalue weighted by Crippen LogP contribution is 2.28. The molecule has 1 aromatic heterocycles. The maximum atomic E-state index is 13.2. The summed E-state index contributed by atoms with van der Waals surface area (Å²) in [5.41, 5.74) is 2.91. The fraction of sp³-hybridized carbons (Fsp3) is 0.125. The molecule has 158 valence electrons. The molecule has 0 aliphatic rings. The van der Waals surface area contributed by atoms with Crippen molar-refractivity contribution in [3.63, 3.8) is 0 Å². The van der Waals surface area contributed by atoms with Crippen LogP contribution < -0.4 is 5.32 Å². The number of aromatic nitrogens is 1. The van der Waals surface area contributed by atoms with E-state index in [1.807, 2.05) is 43.3 Å². The molecule has 0 aliphatic heterocycles. The van der Waals surface area contributed by atoms with Crippen LogP contribution in [0.1, 0.15) is 11.1 Å². The molecule has 0 radical (unpaired) electrons. The van der Waals surface area contributed by atoms with Crippen LogP contribution >= 0.6 is 11.6 Å². The Hall–Kier alpha value is -3.09. The zero-order chi connectivity index (χ0) is 22.0. The number of para-hydroxylation sites is 1. The molecule has 0 unspecified atom stereocenters. The maximum Gasteiger partial charge on any atom is 0.244 e. The summed E-state index contributed by atoms with van der Waals surface area (Å²) >= 11 is 6.21. The van der Waals surface area contributed by atoms with Gasteiger partial charge in [0.2, 0.25) is 5.91 Å². The number of nitrogens with one attached hydrogen (secondary N) is 1. The van der Waals surface area contributed by atoms with Crippen molar-refractivity contribution in [1.82, 2.24) is 4.57 Å². The van der Waals surface area contributed by atoms with Crippen LogP contribution in [0.2, 0.25) is 5.02 Å². The second-order valence-corrected chi connectivity index (χ2v) is 9.78. The van der Waals surface area contributed by atoms with Crippen molar-refractivity contribution in [2.75, 3.05) is 5.32 Å². The van der Waals surface area contributed by atoms with Gasteiger partial charge in [0.05, 0.1) is 21.4 Å². The third-order valence-electron chi connectivity index (χ3n) is 5.00. The van der Waals surface area contributed by atoms with E-state index >= 15 is 0 Å². The van der Waals surface area contributed by atoms with Gasteiger partial charge in [-0.3, -0.25) is 4.79 Å². The van der Waals surface area contributed by atoms with Crippen molar-refractivity contribution >= 4 is 43.9 Å². The fourth-order valence-electron chi connectivity index (χ4n) is 3.53. The van der Waals surface area contributed by atoms with Crippen LogP contribution in [0.4, 0.5) is 5.69 Å². The molecule has 0 atom stereocenters. The number of hydrogen-bond donors (Lipinski definition) is 1. The van der Waals surface area contributed by atoms with E-state index in [1.165, 1.54) is 0 Å². The summed E-state index contributed by atoms with van der Waals surface area (Å²) in [6.45, 7) is 1.88. The van der Waals surface area contributed by atoms with Crippen LogP contribution in [-0.2, 0) is 26.9 Å². The highest BCUT2D eigenvalue weighted by atomic mass is 35.5. The molecule has 0 aliphatic carbocycles. The van der Waals surface area contributed by atoms with E-state index in [0.29, 0.717) is 27.2 Å². The lowest BCUT2D eigenvalue weighted by molar-refractivity contribution is -0.116. The van der Waals surface area contributed by atoms with Crippen LogP contribution in [-0.4, -0.2) is 18.9 Å². The molecule has 7 heteroatoms. The molecular weight excluding hydrogens is 432 g/mol. The van der Waals surface area contributed by atoms with Crippen molar-refractivity contribution in [2.24, 2.45) is 0 Å². The minimum atomic E-state index is -3.60. The van der Waals surface area contributed by atoms with Gasteiger partial charge in [-0.2, -0.15) is 0 Å². The number of fused-ring (bicyclic) bond motifs is 1. The van der Waals surface area contributed by atoms with E-state index < -0.39 is 9.84 Å². The van der Waals surface area contributed by atoms with E-state index in [0.717, 1.165) is 5.56 Å². The maximum absolute atomic E-state index is 13.2. The average Bonchev–Trinajstić information content (AvgIpc) is 3.10. The number of anilines is 1. The Kier molecular flexibility index (Phi) is 5.85. The first-order valence-corrected chi connectivity index (χ1v) is 11.8. The Labute approximate surface area is 186 Å². The Morgan fingerprint density at radius 2 is 1.71 bits per heavy atom. The van der Waals surface area contributed by atoms with Gasteiger partial charge in [-0.05, 0) is 36.2 Å². The van der Waals surface area contributed by atoms with Crippen molar-refractivity contribution in [3.05, 3.63) is 95.1 Å². The first-order valence-electron chi connectivity index (χ1n) is 9.74. The predicted octanol–water partition coefficient (Wildman–Crippen LogP) is 5.22. The monoisotopic (exact) mass is 452 g/mol. The number of carbonyl (C=O) groups excluding carboxylic acids is 1. The molecule has 5 nitrogen and oxygen atoms in total. The van der Waals surface area contributed by atoms with E-state index in [2.05, 4.69) is 5.32 Å². The van der Waals surface area contributed by atoms with E-state index in [9.17, 15) is 13.2 Å². The summed E-state index contributed by atoms with van der Waals surface area (Å²) in [5.74, 6) is -0.397. The lowest BCUT2D eigenvalue weighted by Gasteiger charge is -2.09. The normalized spacial score (nSPS) is 11.5. The van der Waals surface area contributed by atoms with E-state index in [1.54, 1.807) is 47.2 Å². The summed E-state index contributed by atoms with van der Waals surface area (Å²) < 4.78 is 28.0. The topological polar surface area (TPSA) is 68.2 Å². The summed E-state index contributed by atoms with van der Waals surface area (Å²) in [6, 6.07) is 21.6. The average molecular weight is 453 g/mol.